The van der Waals surface area contributed by atoms with E-state index in [1.54, 1.807) is 18.7 Å². The molecule has 2 amide bonds. The van der Waals surface area contributed by atoms with Crippen LogP contribution >= 0.6 is 0 Å². The van der Waals surface area contributed by atoms with Crippen LogP contribution in [0.3, 0.4) is 0 Å². The maximum atomic E-state index is 13.0. The van der Waals surface area contributed by atoms with Gasteiger partial charge in [0.1, 0.15) is 12.4 Å². The Morgan fingerprint density at radius 3 is 2.47 bits per heavy atom. The highest BCUT2D eigenvalue weighted by molar-refractivity contribution is 5.95. The minimum atomic E-state index is -0.765. The number of rotatable bonds is 8. The van der Waals surface area contributed by atoms with E-state index in [-0.39, 0.29) is 13.2 Å². The van der Waals surface area contributed by atoms with Crippen molar-refractivity contribution in [1.82, 2.24) is 20.4 Å². The van der Waals surface area contributed by atoms with Crippen LogP contribution in [0.4, 0.5) is 4.79 Å². The quantitative estimate of drug-likeness (QED) is 0.393. The number of allylic oxidation sites excluding steroid dienone is 1. The Balaban J connectivity index is 1.82. The Morgan fingerprint density at radius 2 is 1.79 bits per heavy atom. The first kappa shape index (κ1) is 23.1. The second-order valence-electron chi connectivity index (χ2n) is 7.64. The van der Waals surface area contributed by atoms with Crippen LogP contribution in [0.25, 0.3) is 16.9 Å². The first-order valence-electron chi connectivity index (χ1n) is 10.8. The fraction of sp³-hybridized carbons (Fsp3) is 0.240. The predicted octanol–water partition coefficient (Wildman–Crippen LogP) is 3.37. The number of methoxy groups -OCH3 is 2. The van der Waals surface area contributed by atoms with Crippen molar-refractivity contribution in [1.29, 1.82) is 0 Å². The van der Waals surface area contributed by atoms with Gasteiger partial charge in [0.2, 0.25) is 0 Å². The summed E-state index contributed by atoms with van der Waals surface area (Å²) in [7, 11) is 3.13. The molecule has 1 atom stereocenters. The van der Waals surface area contributed by atoms with E-state index in [1.807, 2.05) is 60.8 Å². The molecular formula is C25H26N4O5. The van der Waals surface area contributed by atoms with Crippen LogP contribution < -0.4 is 15.4 Å². The van der Waals surface area contributed by atoms with Crippen molar-refractivity contribution in [2.24, 2.45) is 0 Å². The first-order valence-corrected chi connectivity index (χ1v) is 10.8. The molecule has 9 heteroatoms. The van der Waals surface area contributed by atoms with Gasteiger partial charge >= 0.3 is 12.0 Å². The van der Waals surface area contributed by atoms with E-state index in [0.717, 1.165) is 11.3 Å². The smallest absolute Gasteiger partial charge is 0.338 e. The zero-order valence-corrected chi connectivity index (χ0v) is 19.2. The zero-order chi connectivity index (χ0) is 24.1. The normalized spacial score (nSPS) is 15.5. The number of nitrogens with one attached hydrogen (secondary N) is 2. The van der Waals surface area contributed by atoms with Crippen LogP contribution in [-0.4, -0.2) is 49.2 Å². The van der Waals surface area contributed by atoms with Crippen molar-refractivity contribution in [2.75, 3.05) is 27.4 Å². The monoisotopic (exact) mass is 462 g/mol. The molecule has 0 saturated carbocycles. The Bertz CT molecular complexity index is 1200. The van der Waals surface area contributed by atoms with Crippen LogP contribution in [0.2, 0.25) is 0 Å². The van der Waals surface area contributed by atoms with Gasteiger partial charge in [0.15, 0.2) is 0 Å². The number of para-hydroxylation sites is 1. The Kier molecular flexibility index (Phi) is 6.93. The molecule has 1 aliphatic heterocycles. The molecule has 0 aliphatic carbocycles. The summed E-state index contributed by atoms with van der Waals surface area (Å²) in [5.41, 5.74) is 3.65. The molecule has 0 spiro atoms. The molecular weight excluding hydrogens is 436 g/mol. The molecule has 1 aliphatic rings. The van der Waals surface area contributed by atoms with Crippen LogP contribution in [0, 0.1) is 0 Å². The van der Waals surface area contributed by atoms with Crippen molar-refractivity contribution in [3.63, 3.8) is 0 Å². The van der Waals surface area contributed by atoms with Crippen molar-refractivity contribution in [2.45, 2.75) is 13.0 Å². The molecule has 0 unspecified atom stereocenters. The third-order valence-corrected chi connectivity index (χ3v) is 5.45. The average Bonchev–Trinajstić information content (AvgIpc) is 3.30. The largest absolute Gasteiger partial charge is 0.497 e. The molecule has 2 aromatic carbocycles. The summed E-state index contributed by atoms with van der Waals surface area (Å²) in [5, 5.41) is 10.3. The second-order valence-corrected chi connectivity index (χ2v) is 7.64. The maximum Gasteiger partial charge on any atom is 0.338 e. The number of carbonyl (C=O) groups excluding carboxylic acids is 2. The maximum absolute atomic E-state index is 13.0. The number of esters is 1. The number of ether oxygens (including phenoxy) is 3. The lowest BCUT2D eigenvalue weighted by atomic mass is 9.94. The third kappa shape index (κ3) is 4.79. The minimum Gasteiger partial charge on any atom is -0.497 e. The molecule has 0 fully saturated rings. The lowest BCUT2D eigenvalue weighted by molar-refractivity contribution is -0.140. The van der Waals surface area contributed by atoms with Crippen molar-refractivity contribution >= 4 is 12.0 Å². The van der Waals surface area contributed by atoms with Gasteiger partial charge in [-0.25, -0.2) is 14.3 Å². The standard InChI is InChI=1S/C25H26N4O5/c1-16-21(24(30)34-14-13-32-2)23(27-25(31)26-16)20-15-29(18-7-5-4-6-8-18)28-22(20)17-9-11-19(33-3)12-10-17/h4-12,15,23H,13-14H2,1-3H3,(H2,26,27,31)/t23-/m0/s1. The third-order valence-electron chi connectivity index (χ3n) is 5.45. The van der Waals surface area contributed by atoms with E-state index in [1.165, 1.54) is 7.11 Å². The molecule has 9 nitrogen and oxygen atoms in total. The Hall–Kier alpha value is -4.11. The van der Waals surface area contributed by atoms with Crippen molar-refractivity contribution in [3.8, 4) is 22.7 Å². The van der Waals surface area contributed by atoms with E-state index in [4.69, 9.17) is 19.3 Å². The van der Waals surface area contributed by atoms with Crippen LogP contribution in [0.1, 0.15) is 18.5 Å². The summed E-state index contributed by atoms with van der Waals surface area (Å²) in [4.78, 5) is 25.4. The van der Waals surface area contributed by atoms with Gasteiger partial charge in [-0.2, -0.15) is 5.10 Å². The molecule has 2 heterocycles. The lowest BCUT2D eigenvalue weighted by Gasteiger charge is -2.28. The van der Waals surface area contributed by atoms with Gasteiger partial charge in [0, 0.05) is 30.1 Å². The van der Waals surface area contributed by atoms with E-state index in [2.05, 4.69) is 10.6 Å². The molecule has 4 rings (SSSR count). The van der Waals surface area contributed by atoms with E-state index >= 15 is 0 Å². The summed E-state index contributed by atoms with van der Waals surface area (Å²) < 4.78 is 17.4. The second kappa shape index (κ2) is 10.2. The molecule has 0 saturated heterocycles. The fourth-order valence-electron chi connectivity index (χ4n) is 3.78. The highest BCUT2D eigenvalue weighted by Crippen LogP contribution is 2.35. The summed E-state index contributed by atoms with van der Waals surface area (Å²) in [6.07, 6.45) is 1.82. The number of benzene rings is 2. The number of nitrogens with zero attached hydrogens (tertiary/aromatic N) is 2. The topological polar surface area (TPSA) is 104 Å². The van der Waals surface area contributed by atoms with Gasteiger partial charge in [-0.15, -0.1) is 0 Å². The molecule has 176 valence electrons. The average molecular weight is 463 g/mol. The zero-order valence-electron chi connectivity index (χ0n) is 19.2. The number of amides is 2. The number of carbonyl (C=O) groups is 2. The van der Waals surface area contributed by atoms with E-state index in [0.29, 0.717) is 28.3 Å². The molecule has 0 bridgehead atoms. The van der Waals surface area contributed by atoms with Crippen LogP contribution in [0.5, 0.6) is 5.75 Å². The molecule has 1 aromatic heterocycles. The lowest BCUT2D eigenvalue weighted by Crippen LogP contribution is -2.45. The van der Waals surface area contributed by atoms with Gasteiger partial charge in [-0.05, 0) is 43.3 Å². The molecule has 2 N–H and O–H groups in total. The number of urea groups is 1. The number of hydrogen-bond donors (Lipinski definition) is 2. The number of hydrogen-bond acceptors (Lipinski definition) is 6. The summed E-state index contributed by atoms with van der Waals surface area (Å²) in [6, 6.07) is 15.9. The van der Waals surface area contributed by atoms with Gasteiger partial charge < -0.3 is 24.8 Å². The van der Waals surface area contributed by atoms with Gasteiger partial charge in [-0.1, -0.05) is 18.2 Å². The van der Waals surface area contributed by atoms with Crippen molar-refractivity contribution in [3.05, 3.63) is 77.6 Å². The predicted molar refractivity (Wildman–Crippen MR) is 125 cm³/mol. The Labute approximate surface area is 197 Å². The van der Waals surface area contributed by atoms with Gasteiger partial charge in [-0.3, -0.25) is 0 Å². The molecule has 3 aromatic rings. The van der Waals surface area contributed by atoms with Gasteiger partial charge in [0.25, 0.3) is 0 Å². The fourth-order valence-corrected chi connectivity index (χ4v) is 3.78. The van der Waals surface area contributed by atoms with Gasteiger partial charge in [0.05, 0.1) is 36.7 Å². The van der Waals surface area contributed by atoms with E-state index in [9.17, 15) is 9.59 Å². The number of aromatic nitrogens is 2. The summed E-state index contributed by atoms with van der Waals surface area (Å²) in [6.45, 7) is 2.04. The summed E-state index contributed by atoms with van der Waals surface area (Å²) >= 11 is 0. The Morgan fingerprint density at radius 1 is 1.06 bits per heavy atom. The van der Waals surface area contributed by atoms with Crippen LogP contribution in [-0.2, 0) is 14.3 Å². The first-order chi connectivity index (χ1) is 16.5. The minimum absolute atomic E-state index is 0.0986. The highest BCUT2D eigenvalue weighted by Gasteiger charge is 2.35. The highest BCUT2D eigenvalue weighted by atomic mass is 16.6. The molecule has 34 heavy (non-hydrogen) atoms. The SMILES string of the molecule is COCCOC(=O)C1=C(C)NC(=O)N[C@H]1c1cn(-c2ccccc2)nc1-c1ccc(OC)cc1. The van der Waals surface area contributed by atoms with Crippen LogP contribution in [0.15, 0.2) is 72.1 Å². The molecule has 0 radical (unpaired) electrons. The summed E-state index contributed by atoms with van der Waals surface area (Å²) in [5.74, 6) is 0.168. The van der Waals surface area contributed by atoms with Crippen molar-refractivity contribution < 1.29 is 23.8 Å². The van der Waals surface area contributed by atoms with E-state index < -0.39 is 18.0 Å².